The van der Waals surface area contributed by atoms with Crippen LogP contribution < -0.4 is 15.4 Å². The second kappa shape index (κ2) is 10.4. The van der Waals surface area contributed by atoms with Crippen LogP contribution in [0.2, 0.25) is 0 Å². The molecule has 1 saturated heterocycles. The molecule has 1 aliphatic rings. The fraction of sp³-hybridized carbons (Fsp3) is 0.409. The van der Waals surface area contributed by atoms with Gasteiger partial charge in [0.2, 0.25) is 0 Å². The van der Waals surface area contributed by atoms with Crippen LogP contribution in [0.4, 0.5) is 4.79 Å². The van der Waals surface area contributed by atoms with Crippen molar-refractivity contribution in [1.82, 2.24) is 10.6 Å². The number of hydrogen-bond donors (Lipinski definition) is 2. The minimum atomic E-state index is -0.118. The zero-order chi connectivity index (χ0) is 19.7. The Balaban J connectivity index is 1.46. The summed E-state index contributed by atoms with van der Waals surface area (Å²) in [6.07, 6.45) is 2.65. The third-order valence-corrected chi connectivity index (χ3v) is 6.40. The number of ether oxygens (including phenoxy) is 2. The summed E-state index contributed by atoms with van der Waals surface area (Å²) in [7, 11) is 1.65. The normalized spacial score (nSPS) is 15.6. The highest BCUT2D eigenvalue weighted by Gasteiger charge is 2.34. The van der Waals surface area contributed by atoms with Crippen LogP contribution in [-0.2, 0) is 11.2 Å². The number of carbonyl (C=O) groups excluding carboxylic acids is 1. The number of benzene rings is 2. The molecule has 150 valence electrons. The van der Waals surface area contributed by atoms with Crippen LogP contribution in [0.15, 0.2) is 59.5 Å². The molecule has 1 fully saturated rings. The molecule has 2 aromatic rings. The number of methoxy groups -OCH3 is 1. The van der Waals surface area contributed by atoms with Gasteiger partial charge in [-0.3, -0.25) is 0 Å². The quantitative estimate of drug-likeness (QED) is 0.706. The number of urea groups is 1. The average molecular weight is 401 g/mol. The number of nitrogens with one attached hydrogen (secondary N) is 2. The molecule has 2 aromatic carbocycles. The smallest absolute Gasteiger partial charge is 0.314 e. The highest BCUT2D eigenvalue weighted by molar-refractivity contribution is 8.00. The lowest BCUT2D eigenvalue weighted by Crippen LogP contribution is -2.47. The molecule has 0 aromatic heterocycles. The summed E-state index contributed by atoms with van der Waals surface area (Å²) in [6, 6.07) is 18.2. The summed E-state index contributed by atoms with van der Waals surface area (Å²) < 4.78 is 10.7. The molecule has 2 N–H and O–H groups in total. The molecule has 0 unspecified atom stereocenters. The van der Waals surface area contributed by atoms with E-state index in [0.717, 1.165) is 38.2 Å². The van der Waals surface area contributed by atoms with Gasteiger partial charge in [-0.25, -0.2) is 4.79 Å². The van der Waals surface area contributed by atoms with Crippen LogP contribution in [0.1, 0.15) is 18.4 Å². The Morgan fingerprint density at radius 1 is 1.07 bits per heavy atom. The molecule has 0 radical (unpaired) electrons. The summed E-state index contributed by atoms with van der Waals surface area (Å²) in [6.45, 7) is 2.70. The van der Waals surface area contributed by atoms with Gasteiger partial charge in [-0.1, -0.05) is 30.3 Å². The minimum absolute atomic E-state index is 0.0209. The van der Waals surface area contributed by atoms with E-state index in [2.05, 4.69) is 34.9 Å². The first-order chi connectivity index (χ1) is 13.7. The first-order valence-corrected chi connectivity index (χ1v) is 10.5. The van der Waals surface area contributed by atoms with Gasteiger partial charge in [-0.2, -0.15) is 0 Å². The van der Waals surface area contributed by atoms with Crippen molar-refractivity contribution < 1.29 is 14.3 Å². The lowest BCUT2D eigenvalue weighted by molar-refractivity contribution is 0.0776. The molecule has 0 saturated carbocycles. The van der Waals surface area contributed by atoms with E-state index in [9.17, 15) is 4.79 Å². The Bertz CT molecular complexity index is 731. The number of hydrogen-bond acceptors (Lipinski definition) is 4. The Kier molecular flexibility index (Phi) is 7.62. The molecule has 6 heteroatoms. The van der Waals surface area contributed by atoms with E-state index in [1.807, 2.05) is 42.1 Å². The van der Waals surface area contributed by atoms with Crippen molar-refractivity contribution in [3.63, 3.8) is 0 Å². The second-order valence-electron chi connectivity index (χ2n) is 6.92. The molecule has 5 nitrogen and oxygen atoms in total. The zero-order valence-corrected chi connectivity index (χ0v) is 17.1. The Morgan fingerprint density at radius 3 is 2.46 bits per heavy atom. The van der Waals surface area contributed by atoms with E-state index >= 15 is 0 Å². The van der Waals surface area contributed by atoms with Gasteiger partial charge in [-0.15, -0.1) is 11.8 Å². The molecule has 0 bridgehead atoms. The monoisotopic (exact) mass is 400 g/mol. The van der Waals surface area contributed by atoms with Gasteiger partial charge in [0.15, 0.2) is 0 Å². The fourth-order valence-corrected chi connectivity index (χ4v) is 4.52. The van der Waals surface area contributed by atoms with Gasteiger partial charge in [0, 0.05) is 35.9 Å². The van der Waals surface area contributed by atoms with Crippen molar-refractivity contribution in [1.29, 1.82) is 0 Å². The van der Waals surface area contributed by atoms with E-state index in [-0.39, 0.29) is 10.8 Å². The predicted octanol–water partition coefficient (Wildman–Crippen LogP) is 3.88. The summed E-state index contributed by atoms with van der Waals surface area (Å²) in [5, 5.41) is 6.03. The van der Waals surface area contributed by atoms with Crippen LogP contribution >= 0.6 is 11.8 Å². The van der Waals surface area contributed by atoms with Crippen molar-refractivity contribution in [3.8, 4) is 5.75 Å². The van der Waals surface area contributed by atoms with E-state index in [4.69, 9.17) is 9.47 Å². The number of rotatable bonds is 8. The van der Waals surface area contributed by atoms with Gasteiger partial charge >= 0.3 is 6.03 Å². The molecular weight excluding hydrogens is 372 g/mol. The van der Waals surface area contributed by atoms with Crippen molar-refractivity contribution >= 4 is 17.8 Å². The maximum atomic E-state index is 12.3. The average Bonchev–Trinajstić information content (AvgIpc) is 2.74. The largest absolute Gasteiger partial charge is 0.497 e. The van der Waals surface area contributed by atoms with E-state index in [1.165, 1.54) is 10.5 Å². The van der Waals surface area contributed by atoms with E-state index < -0.39 is 0 Å². The lowest BCUT2D eigenvalue weighted by atomic mass is 9.99. The van der Waals surface area contributed by atoms with Crippen LogP contribution in [0.3, 0.4) is 0 Å². The van der Waals surface area contributed by atoms with Gasteiger partial charge in [-0.05, 0) is 49.1 Å². The molecule has 3 rings (SSSR count). The van der Waals surface area contributed by atoms with Crippen LogP contribution in [0.5, 0.6) is 5.75 Å². The molecule has 1 aliphatic heterocycles. The Morgan fingerprint density at radius 2 is 1.79 bits per heavy atom. The highest BCUT2D eigenvalue weighted by atomic mass is 32.2. The molecule has 0 spiro atoms. The molecule has 0 atom stereocenters. The summed E-state index contributed by atoms with van der Waals surface area (Å²) in [5.74, 6) is 0.840. The topological polar surface area (TPSA) is 59.6 Å². The highest BCUT2D eigenvalue weighted by Crippen LogP contribution is 2.39. The van der Waals surface area contributed by atoms with Crippen molar-refractivity contribution in [2.45, 2.75) is 28.9 Å². The number of carbonyl (C=O) groups is 1. The van der Waals surface area contributed by atoms with Crippen LogP contribution in [0, 0.1) is 0 Å². The maximum absolute atomic E-state index is 12.3. The Labute approximate surface area is 171 Å². The maximum Gasteiger partial charge on any atom is 0.314 e. The summed E-state index contributed by atoms with van der Waals surface area (Å²) in [4.78, 5) is 13.5. The van der Waals surface area contributed by atoms with Crippen LogP contribution in [-0.4, -0.2) is 44.2 Å². The van der Waals surface area contributed by atoms with E-state index in [1.54, 1.807) is 7.11 Å². The summed E-state index contributed by atoms with van der Waals surface area (Å²) in [5.41, 5.74) is 1.17. The van der Waals surface area contributed by atoms with Gasteiger partial charge in [0.1, 0.15) is 5.75 Å². The molecule has 1 heterocycles. The first-order valence-electron chi connectivity index (χ1n) is 9.66. The van der Waals surface area contributed by atoms with Crippen molar-refractivity contribution in [2.24, 2.45) is 0 Å². The standard InChI is InChI=1S/C22H28N2O3S/c1-26-19-9-7-18(8-10-19)11-14-23-21(25)24-17-22(12-15-27-16-13-22)28-20-5-3-2-4-6-20/h2-10H,11-17H2,1H3,(H2,23,24,25). The minimum Gasteiger partial charge on any atom is -0.497 e. The SMILES string of the molecule is COc1ccc(CCNC(=O)NCC2(Sc3ccccc3)CCOCC2)cc1. The number of thioether (sulfide) groups is 1. The zero-order valence-electron chi connectivity index (χ0n) is 16.3. The lowest BCUT2D eigenvalue weighted by Gasteiger charge is -2.36. The third-order valence-electron chi connectivity index (χ3n) is 4.91. The molecule has 0 aliphatic carbocycles. The molecule has 2 amide bonds. The predicted molar refractivity (Wildman–Crippen MR) is 113 cm³/mol. The second-order valence-corrected chi connectivity index (χ2v) is 8.46. The molecule has 28 heavy (non-hydrogen) atoms. The Hall–Kier alpha value is -2.18. The third kappa shape index (κ3) is 6.17. The number of amides is 2. The van der Waals surface area contributed by atoms with Crippen molar-refractivity contribution in [3.05, 3.63) is 60.2 Å². The summed E-state index contributed by atoms with van der Waals surface area (Å²) >= 11 is 1.84. The first kappa shape index (κ1) is 20.6. The van der Waals surface area contributed by atoms with Gasteiger partial charge < -0.3 is 20.1 Å². The van der Waals surface area contributed by atoms with E-state index in [0.29, 0.717) is 13.1 Å². The van der Waals surface area contributed by atoms with Crippen molar-refractivity contribution in [2.75, 3.05) is 33.4 Å². The molecular formula is C22H28N2O3S. The van der Waals surface area contributed by atoms with Crippen LogP contribution in [0.25, 0.3) is 0 Å². The van der Waals surface area contributed by atoms with Gasteiger partial charge in [0.05, 0.1) is 7.11 Å². The van der Waals surface area contributed by atoms with Gasteiger partial charge in [0.25, 0.3) is 0 Å². The fourth-order valence-electron chi connectivity index (χ4n) is 3.21.